The van der Waals surface area contributed by atoms with Gasteiger partial charge in [0.25, 0.3) is 9.05 Å². The summed E-state index contributed by atoms with van der Waals surface area (Å²) in [5.41, 5.74) is 1.41. The largest absolute Gasteiger partial charge is 0.493 e. The third-order valence-corrected chi connectivity index (χ3v) is 5.27. The number of benzene rings is 1. The van der Waals surface area contributed by atoms with Crippen LogP contribution in [0.2, 0.25) is 0 Å². The second-order valence-corrected chi connectivity index (χ2v) is 8.11. The molecule has 21 heavy (non-hydrogen) atoms. The number of aryl methyl sites for hydroxylation is 2. The molecule has 0 unspecified atom stereocenters. The van der Waals surface area contributed by atoms with Crippen molar-refractivity contribution in [2.45, 2.75) is 38.0 Å². The molecule has 0 aromatic heterocycles. The Morgan fingerprint density at radius 2 is 1.86 bits per heavy atom. The Kier molecular flexibility index (Phi) is 5.52. The lowest BCUT2D eigenvalue weighted by molar-refractivity contribution is 0.262. The van der Waals surface area contributed by atoms with Crippen molar-refractivity contribution in [3.05, 3.63) is 23.3 Å². The molecule has 1 saturated heterocycles. The third-order valence-electron chi connectivity index (χ3n) is 3.81. The van der Waals surface area contributed by atoms with E-state index in [-0.39, 0.29) is 4.90 Å². The molecule has 0 saturated carbocycles. The van der Waals surface area contributed by atoms with Crippen LogP contribution in [0.5, 0.6) is 5.75 Å². The van der Waals surface area contributed by atoms with Gasteiger partial charge in [0, 0.05) is 17.2 Å². The Bertz CT molecular complexity index is 595. The number of nitrogens with zero attached hydrogens (tertiary/aromatic N) is 1. The predicted octanol–water partition coefficient (Wildman–Crippen LogP) is 3.10. The minimum absolute atomic E-state index is 0.158. The molecule has 4 nitrogen and oxygen atoms in total. The highest BCUT2D eigenvalue weighted by atomic mass is 35.7. The van der Waals surface area contributed by atoms with Crippen LogP contribution in [-0.4, -0.2) is 39.6 Å². The first-order valence-corrected chi connectivity index (χ1v) is 9.60. The average Bonchev–Trinajstić information content (AvgIpc) is 2.90. The fourth-order valence-corrected chi connectivity index (χ4v) is 3.92. The molecule has 1 heterocycles. The zero-order valence-corrected chi connectivity index (χ0v) is 14.1. The zero-order valence-electron chi connectivity index (χ0n) is 12.6. The van der Waals surface area contributed by atoms with E-state index in [9.17, 15) is 8.42 Å². The normalized spacial score (nSPS) is 16.3. The Morgan fingerprint density at radius 3 is 2.48 bits per heavy atom. The lowest BCUT2D eigenvalue weighted by Crippen LogP contribution is -2.22. The minimum atomic E-state index is -3.70. The Hall–Kier alpha value is -0.780. The van der Waals surface area contributed by atoms with Crippen molar-refractivity contribution < 1.29 is 13.2 Å². The van der Waals surface area contributed by atoms with Crippen molar-refractivity contribution in [1.82, 2.24) is 4.90 Å². The second kappa shape index (κ2) is 6.99. The molecule has 0 atom stereocenters. The van der Waals surface area contributed by atoms with Crippen molar-refractivity contribution in [3.8, 4) is 5.75 Å². The van der Waals surface area contributed by atoms with Crippen LogP contribution >= 0.6 is 10.7 Å². The van der Waals surface area contributed by atoms with E-state index in [1.54, 1.807) is 19.1 Å². The van der Waals surface area contributed by atoms with Crippen molar-refractivity contribution in [3.63, 3.8) is 0 Å². The van der Waals surface area contributed by atoms with Gasteiger partial charge in [0.05, 0.1) is 11.5 Å². The van der Waals surface area contributed by atoms with Crippen LogP contribution in [0.25, 0.3) is 0 Å². The smallest absolute Gasteiger partial charge is 0.261 e. The van der Waals surface area contributed by atoms with Gasteiger partial charge in [-0.05, 0) is 69.5 Å². The quantitative estimate of drug-likeness (QED) is 0.593. The molecule has 1 aromatic rings. The predicted molar refractivity (Wildman–Crippen MR) is 84.7 cm³/mol. The van der Waals surface area contributed by atoms with Crippen LogP contribution < -0.4 is 4.74 Å². The lowest BCUT2D eigenvalue weighted by atomic mass is 10.1. The number of hydrogen-bond acceptors (Lipinski definition) is 4. The van der Waals surface area contributed by atoms with E-state index in [0.717, 1.165) is 24.3 Å². The van der Waals surface area contributed by atoms with Crippen molar-refractivity contribution in [1.29, 1.82) is 0 Å². The molecule has 0 aliphatic carbocycles. The summed E-state index contributed by atoms with van der Waals surface area (Å²) >= 11 is 0. The molecule has 1 aromatic carbocycles. The summed E-state index contributed by atoms with van der Waals surface area (Å²) in [6.45, 7) is 7.66. The summed E-state index contributed by atoms with van der Waals surface area (Å²) in [6, 6.07) is 3.33. The standard InChI is InChI=1S/C15H22ClNO3S/c1-12-11-15(21(16,18)19)13(2)10-14(12)20-9-5-8-17-6-3-4-7-17/h10-11H,3-9H2,1-2H3. The highest BCUT2D eigenvalue weighted by molar-refractivity contribution is 8.13. The number of halogens is 1. The molecule has 1 aliphatic heterocycles. The van der Waals surface area contributed by atoms with Crippen LogP contribution in [0.3, 0.4) is 0 Å². The minimum Gasteiger partial charge on any atom is -0.493 e. The second-order valence-electron chi connectivity index (χ2n) is 5.57. The molecular formula is C15H22ClNO3S. The van der Waals surface area contributed by atoms with E-state index in [0.29, 0.717) is 12.2 Å². The van der Waals surface area contributed by atoms with E-state index < -0.39 is 9.05 Å². The van der Waals surface area contributed by atoms with E-state index in [4.69, 9.17) is 15.4 Å². The van der Waals surface area contributed by atoms with Crippen molar-refractivity contribution in [2.75, 3.05) is 26.2 Å². The van der Waals surface area contributed by atoms with Crippen LogP contribution in [0, 0.1) is 13.8 Å². The van der Waals surface area contributed by atoms with E-state index in [1.807, 2.05) is 6.92 Å². The topological polar surface area (TPSA) is 46.6 Å². The SMILES string of the molecule is Cc1cc(S(=O)(=O)Cl)c(C)cc1OCCCN1CCCC1. The van der Waals surface area contributed by atoms with Gasteiger partial charge in [-0.25, -0.2) is 8.42 Å². The first-order chi connectivity index (χ1) is 9.88. The Labute approximate surface area is 131 Å². The molecule has 0 radical (unpaired) electrons. The van der Waals surface area contributed by atoms with Crippen LogP contribution in [0.4, 0.5) is 0 Å². The van der Waals surface area contributed by atoms with Crippen LogP contribution in [0.15, 0.2) is 17.0 Å². The number of hydrogen-bond donors (Lipinski definition) is 0. The Morgan fingerprint density at radius 1 is 1.19 bits per heavy atom. The lowest BCUT2D eigenvalue weighted by Gasteiger charge is -2.16. The summed E-state index contributed by atoms with van der Waals surface area (Å²) in [4.78, 5) is 2.61. The van der Waals surface area contributed by atoms with Gasteiger partial charge in [-0.2, -0.15) is 0 Å². The zero-order chi connectivity index (χ0) is 15.5. The molecule has 1 fully saturated rings. The first kappa shape index (κ1) is 16.6. The highest BCUT2D eigenvalue weighted by Gasteiger charge is 2.16. The van der Waals surface area contributed by atoms with E-state index in [2.05, 4.69) is 4.90 Å². The van der Waals surface area contributed by atoms with Gasteiger partial charge in [-0.1, -0.05) is 0 Å². The van der Waals surface area contributed by atoms with E-state index in [1.165, 1.54) is 25.9 Å². The van der Waals surface area contributed by atoms with Crippen LogP contribution in [-0.2, 0) is 9.05 Å². The molecule has 1 aliphatic rings. The molecule has 0 bridgehead atoms. The van der Waals surface area contributed by atoms with Crippen molar-refractivity contribution >= 4 is 19.7 Å². The average molecular weight is 332 g/mol. The summed E-state index contributed by atoms with van der Waals surface area (Å²) in [5, 5.41) is 0. The van der Waals surface area contributed by atoms with Crippen molar-refractivity contribution in [2.24, 2.45) is 0 Å². The summed E-state index contributed by atoms with van der Waals surface area (Å²) in [6.07, 6.45) is 3.58. The molecule has 6 heteroatoms. The van der Waals surface area contributed by atoms with Gasteiger partial charge in [0.2, 0.25) is 0 Å². The van der Waals surface area contributed by atoms with Gasteiger partial charge in [0.15, 0.2) is 0 Å². The van der Waals surface area contributed by atoms with Gasteiger partial charge in [-0.3, -0.25) is 0 Å². The first-order valence-electron chi connectivity index (χ1n) is 7.29. The number of rotatable bonds is 6. The number of ether oxygens (including phenoxy) is 1. The summed E-state index contributed by atoms with van der Waals surface area (Å²) in [5.74, 6) is 0.734. The fraction of sp³-hybridized carbons (Fsp3) is 0.600. The molecule has 0 amide bonds. The monoisotopic (exact) mass is 331 g/mol. The molecular weight excluding hydrogens is 310 g/mol. The molecule has 118 valence electrons. The highest BCUT2D eigenvalue weighted by Crippen LogP contribution is 2.28. The summed E-state index contributed by atoms with van der Waals surface area (Å²) < 4.78 is 28.7. The van der Waals surface area contributed by atoms with Gasteiger partial charge in [0.1, 0.15) is 5.75 Å². The maximum atomic E-state index is 11.4. The fourth-order valence-electron chi connectivity index (χ4n) is 2.66. The summed E-state index contributed by atoms with van der Waals surface area (Å²) in [7, 11) is 1.71. The van der Waals surface area contributed by atoms with Gasteiger partial charge in [-0.15, -0.1) is 0 Å². The van der Waals surface area contributed by atoms with Crippen LogP contribution in [0.1, 0.15) is 30.4 Å². The number of likely N-dealkylation sites (tertiary alicyclic amines) is 1. The van der Waals surface area contributed by atoms with Gasteiger partial charge >= 0.3 is 0 Å². The maximum absolute atomic E-state index is 11.4. The third kappa shape index (κ3) is 4.59. The molecule has 0 spiro atoms. The molecule has 2 rings (SSSR count). The van der Waals surface area contributed by atoms with Gasteiger partial charge < -0.3 is 9.64 Å². The molecule has 0 N–H and O–H groups in total. The maximum Gasteiger partial charge on any atom is 0.261 e. The van der Waals surface area contributed by atoms with E-state index >= 15 is 0 Å². The Balaban J connectivity index is 1.93.